The average molecular weight is 797 g/mol. The van der Waals surface area contributed by atoms with E-state index in [0.717, 1.165) is 12.2 Å². The predicted molar refractivity (Wildman–Crippen MR) is 253 cm³/mol. The molecule has 4 nitrogen and oxygen atoms in total. The lowest BCUT2D eigenvalue weighted by Gasteiger charge is -2.45. The van der Waals surface area contributed by atoms with Crippen molar-refractivity contribution in [3.63, 3.8) is 0 Å². The molecular weight excluding hydrogens is 753 g/mol. The maximum absolute atomic E-state index is 3.90. The SMILES string of the molecule is c1ccc(CN2NC(c3cccc(-c4cccc(-c5ccc6c(c5)-c5ccccc5C65c6ccccc6N(c6ccccc6)c6ccccc65)c4)c3)NC2c2ccccc2)cc1. The molecule has 12 rings (SSSR count). The Morgan fingerprint density at radius 3 is 1.65 bits per heavy atom. The Bertz CT molecular complexity index is 3040. The van der Waals surface area contributed by atoms with Crippen molar-refractivity contribution in [2.24, 2.45) is 0 Å². The van der Waals surface area contributed by atoms with Crippen LogP contribution in [0.2, 0.25) is 0 Å². The summed E-state index contributed by atoms with van der Waals surface area (Å²) in [7, 11) is 0. The van der Waals surface area contributed by atoms with Crippen LogP contribution in [0.4, 0.5) is 17.1 Å². The molecule has 2 aliphatic heterocycles. The second-order valence-electron chi connectivity index (χ2n) is 16.6. The highest BCUT2D eigenvalue weighted by Gasteiger charge is 2.51. The number of nitrogens with one attached hydrogen (secondary N) is 2. The summed E-state index contributed by atoms with van der Waals surface area (Å²) >= 11 is 0. The topological polar surface area (TPSA) is 30.5 Å². The Balaban J connectivity index is 0.916. The van der Waals surface area contributed by atoms with Crippen LogP contribution in [0, 0.1) is 0 Å². The number of benzene rings is 9. The third-order valence-corrected chi connectivity index (χ3v) is 13.1. The lowest BCUT2D eigenvalue weighted by Crippen LogP contribution is -2.36. The van der Waals surface area contributed by atoms with Gasteiger partial charge in [-0.15, -0.1) is 0 Å². The molecule has 0 bridgehead atoms. The molecule has 4 heteroatoms. The van der Waals surface area contributed by atoms with Crippen LogP contribution in [0.3, 0.4) is 0 Å². The molecule has 0 amide bonds. The normalized spacial score (nSPS) is 17.0. The van der Waals surface area contributed by atoms with Crippen molar-refractivity contribution >= 4 is 17.1 Å². The molecule has 3 aliphatic rings. The van der Waals surface area contributed by atoms with Gasteiger partial charge in [-0.1, -0.05) is 188 Å². The minimum absolute atomic E-state index is 0.0239. The first kappa shape index (κ1) is 36.5. The van der Waals surface area contributed by atoms with E-state index in [-0.39, 0.29) is 12.3 Å². The molecule has 0 saturated carbocycles. The molecule has 0 radical (unpaired) electrons. The molecule has 1 aliphatic carbocycles. The van der Waals surface area contributed by atoms with E-state index in [4.69, 9.17) is 0 Å². The van der Waals surface area contributed by atoms with E-state index in [2.05, 4.69) is 251 Å². The molecule has 9 aromatic carbocycles. The molecule has 1 spiro atoms. The van der Waals surface area contributed by atoms with Gasteiger partial charge in [-0.05, 0) is 115 Å². The Labute approximate surface area is 363 Å². The molecule has 2 heterocycles. The van der Waals surface area contributed by atoms with Gasteiger partial charge in [-0.25, -0.2) is 10.4 Å². The van der Waals surface area contributed by atoms with Gasteiger partial charge in [0.2, 0.25) is 0 Å². The Morgan fingerprint density at radius 2 is 0.935 bits per heavy atom. The van der Waals surface area contributed by atoms with Crippen molar-refractivity contribution < 1.29 is 0 Å². The van der Waals surface area contributed by atoms with E-state index < -0.39 is 5.41 Å². The van der Waals surface area contributed by atoms with Crippen molar-refractivity contribution in [1.82, 2.24) is 15.8 Å². The van der Waals surface area contributed by atoms with Gasteiger partial charge in [0, 0.05) is 12.2 Å². The number of anilines is 3. The Kier molecular flexibility index (Phi) is 8.82. The number of para-hydroxylation sites is 3. The quantitative estimate of drug-likeness (QED) is 0.168. The molecule has 2 N–H and O–H groups in total. The van der Waals surface area contributed by atoms with Crippen LogP contribution in [0.1, 0.15) is 51.3 Å². The lowest BCUT2D eigenvalue weighted by molar-refractivity contribution is 0.165. The summed E-state index contributed by atoms with van der Waals surface area (Å²) in [6, 6.07) is 84.4. The number of hydrazine groups is 1. The maximum Gasteiger partial charge on any atom is 0.101 e. The summed E-state index contributed by atoms with van der Waals surface area (Å²) in [6.45, 7) is 0.781. The minimum Gasteiger partial charge on any atom is -0.310 e. The van der Waals surface area contributed by atoms with Crippen LogP contribution in [0.5, 0.6) is 0 Å². The van der Waals surface area contributed by atoms with Gasteiger partial charge in [0.15, 0.2) is 0 Å². The standard InChI is InChI=1S/C58H44N4/c1-4-18-40(19-5-1)39-61-57(41-20-6-2-7-21-41)59-56(60-61)46-25-17-24-44(37-46)42-22-16-23-43(36-42)45-34-35-51-49(38-45)48-28-10-11-29-50(48)58(51)52-30-12-14-32-54(52)62(47-26-8-3-9-27-47)55-33-15-13-31-53(55)58/h1-38,56-57,59-60H,39H2. The molecule has 62 heavy (non-hydrogen) atoms. The molecule has 296 valence electrons. The average Bonchev–Trinajstić information content (AvgIpc) is 3.90. The smallest absolute Gasteiger partial charge is 0.101 e. The summed E-state index contributed by atoms with van der Waals surface area (Å²) in [5.74, 6) is 0. The zero-order chi connectivity index (χ0) is 41.0. The zero-order valence-electron chi connectivity index (χ0n) is 34.2. The van der Waals surface area contributed by atoms with Crippen molar-refractivity contribution in [2.45, 2.75) is 24.3 Å². The summed E-state index contributed by atoms with van der Waals surface area (Å²) in [4.78, 5) is 2.44. The predicted octanol–water partition coefficient (Wildman–Crippen LogP) is 13.5. The number of fused-ring (bicyclic) bond motifs is 9. The van der Waals surface area contributed by atoms with E-state index in [0.29, 0.717) is 0 Å². The Morgan fingerprint density at radius 1 is 0.403 bits per heavy atom. The van der Waals surface area contributed by atoms with Crippen LogP contribution < -0.4 is 15.6 Å². The van der Waals surface area contributed by atoms with Crippen LogP contribution in [0.25, 0.3) is 33.4 Å². The minimum atomic E-state index is -0.469. The lowest BCUT2D eigenvalue weighted by atomic mass is 9.64. The maximum atomic E-state index is 3.90. The number of nitrogens with zero attached hydrogens (tertiary/aromatic N) is 2. The van der Waals surface area contributed by atoms with E-state index in [1.165, 1.54) is 83.7 Å². The fourth-order valence-corrected chi connectivity index (χ4v) is 10.4. The van der Waals surface area contributed by atoms with Crippen LogP contribution in [-0.4, -0.2) is 5.01 Å². The Hall–Kier alpha value is -7.34. The molecule has 0 aromatic heterocycles. The third kappa shape index (κ3) is 5.88. The van der Waals surface area contributed by atoms with Crippen molar-refractivity contribution in [1.29, 1.82) is 0 Å². The largest absolute Gasteiger partial charge is 0.310 e. The first-order valence-electron chi connectivity index (χ1n) is 21.6. The fourth-order valence-electron chi connectivity index (χ4n) is 10.4. The van der Waals surface area contributed by atoms with E-state index in [9.17, 15) is 0 Å². The second-order valence-corrected chi connectivity index (χ2v) is 16.6. The van der Waals surface area contributed by atoms with Gasteiger partial charge in [-0.2, -0.15) is 0 Å². The van der Waals surface area contributed by atoms with Gasteiger partial charge < -0.3 is 4.90 Å². The highest BCUT2D eigenvalue weighted by Crippen LogP contribution is 2.63. The van der Waals surface area contributed by atoms with Crippen molar-refractivity contribution in [2.75, 3.05) is 4.90 Å². The van der Waals surface area contributed by atoms with Gasteiger partial charge >= 0.3 is 0 Å². The number of hydrogen-bond acceptors (Lipinski definition) is 4. The molecule has 2 atom stereocenters. The monoisotopic (exact) mass is 796 g/mol. The third-order valence-electron chi connectivity index (χ3n) is 13.1. The second kappa shape index (κ2) is 15.0. The highest BCUT2D eigenvalue weighted by atomic mass is 15.6. The molecular formula is C58H44N4. The van der Waals surface area contributed by atoms with Crippen molar-refractivity contribution in [3.05, 3.63) is 269 Å². The van der Waals surface area contributed by atoms with Crippen LogP contribution in [0.15, 0.2) is 231 Å². The molecule has 1 saturated heterocycles. The van der Waals surface area contributed by atoms with Crippen LogP contribution in [-0.2, 0) is 12.0 Å². The first-order chi connectivity index (χ1) is 30.7. The van der Waals surface area contributed by atoms with E-state index in [1.807, 2.05) is 0 Å². The fraction of sp³-hybridized carbons (Fsp3) is 0.0690. The summed E-state index contributed by atoms with van der Waals surface area (Å²) in [6.07, 6.45) is -0.0261. The summed E-state index contributed by atoms with van der Waals surface area (Å²) < 4.78 is 0. The zero-order valence-corrected chi connectivity index (χ0v) is 34.2. The number of rotatable bonds is 7. The first-order valence-corrected chi connectivity index (χ1v) is 21.6. The van der Waals surface area contributed by atoms with Gasteiger partial charge in [0.05, 0.1) is 23.0 Å². The van der Waals surface area contributed by atoms with Crippen molar-refractivity contribution in [3.8, 4) is 33.4 Å². The molecule has 2 unspecified atom stereocenters. The van der Waals surface area contributed by atoms with E-state index in [1.54, 1.807) is 0 Å². The van der Waals surface area contributed by atoms with Gasteiger partial charge in [0.25, 0.3) is 0 Å². The summed E-state index contributed by atoms with van der Waals surface area (Å²) in [5, 5.41) is 6.22. The van der Waals surface area contributed by atoms with E-state index >= 15 is 0 Å². The van der Waals surface area contributed by atoms with Gasteiger partial charge in [-0.3, -0.25) is 5.32 Å². The highest BCUT2D eigenvalue weighted by molar-refractivity contribution is 5.96. The summed E-state index contributed by atoms with van der Waals surface area (Å²) in [5.41, 5.74) is 23.2. The number of hydrogen-bond donors (Lipinski definition) is 2. The molecule has 9 aromatic rings. The van der Waals surface area contributed by atoms with Crippen LogP contribution >= 0.6 is 0 Å². The molecule has 1 fully saturated rings. The van der Waals surface area contributed by atoms with Gasteiger partial charge in [0.1, 0.15) is 6.17 Å².